The average molecular weight is 293 g/mol. The minimum absolute atomic E-state index is 0.182. The number of H-pyrrole nitrogens is 1. The maximum atomic E-state index is 9.91. The number of halogens is 2. The number of benzene rings is 2. The molecule has 0 fully saturated rings. The van der Waals surface area contributed by atoms with Crippen LogP contribution in [0.25, 0.3) is 22.4 Å². The fraction of sp³-hybridized carbons (Fsp3) is 0.0714. The van der Waals surface area contributed by atoms with Gasteiger partial charge in [-0.05, 0) is 31.2 Å². The van der Waals surface area contributed by atoms with Crippen LogP contribution in [0.2, 0.25) is 10.0 Å². The first-order valence-electron chi connectivity index (χ1n) is 5.69. The number of aromatic amines is 1. The fourth-order valence-electron chi connectivity index (χ4n) is 1.97. The zero-order valence-corrected chi connectivity index (χ0v) is 11.5. The number of aryl methyl sites for hydroxylation is 1. The van der Waals surface area contributed by atoms with Crippen LogP contribution in [0.5, 0.6) is 5.75 Å². The average Bonchev–Trinajstić information content (AvgIpc) is 2.75. The highest BCUT2D eigenvalue weighted by atomic mass is 35.5. The fourth-order valence-corrected chi connectivity index (χ4v) is 2.29. The van der Waals surface area contributed by atoms with E-state index in [0.717, 1.165) is 11.1 Å². The highest BCUT2D eigenvalue weighted by Gasteiger charge is 2.11. The van der Waals surface area contributed by atoms with Crippen LogP contribution in [-0.2, 0) is 0 Å². The minimum Gasteiger partial charge on any atom is -0.507 e. The molecule has 3 aromatic rings. The number of phenols is 1. The van der Waals surface area contributed by atoms with E-state index in [4.69, 9.17) is 23.2 Å². The van der Waals surface area contributed by atoms with Crippen LogP contribution in [-0.4, -0.2) is 15.1 Å². The number of hydrogen-bond donors (Lipinski definition) is 2. The summed E-state index contributed by atoms with van der Waals surface area (Å²) in [6.45, 7) is 1.96. The van der Waals surface area contributed by atoms with Gasteiger partial charge in [0, 0.05) is 0 Å². The lowest BCUT2D eigenvalue weighted by atomic mass is 10.1. The van der Waals surface area contributed by atoms with Gasteiger partial charge in [-0.15, -0.1) is 0 Å². The quantitative estimate of drug-likeness (QED) is 0.691. The Balaban J connectivity index is 2.23. The largest absolute Gasteiger partial charge is 0.507 e. The van der Waals surface area contributed by atoms with Gasteiger partial charge in [0.2, 0.25) is 0 Å². The molecule has 0 atom stereocenters. The lowest BCUT2D eigenvalue weighted by molar-refractivity contribution is 0.477. The molecule has 0 radical (unpaired) electrons. The highest BCUT2D eigenvalue weighted by molar-refractivity contribution is 6.42. The molecule has 0 saturated heterocycles. The van der Waals surface area contributed by atoms with E-state index in [-0.39, 0.29) is 5.75 Å². The Morgan fingerprint density at radius 1 is 1.11 bits per heavy atom. The van der Waals surface area contributed by atoms with Crippen molar-refractivity contribution in [3.05, 3.63) is 45.9 Å². The summed E-state index contributed by atoms with van der Waals surface area (Å²) in [6, 6.07) is 8.79. The molecule has 2 aromatic carbocycles. The van der Waals surface area contributed by atoms with Crippen molar-refractivity contribution in [2.75, 3.05) is 0 Å². The summed E-state index contributed by atoms with van der Waals surface area (Å²) < 4.78 is 0. The standard InChI is InChI=1S/C14H10Cl2N2O/c1-7-2-3-13(19)8(4-7)14-17-11-5-9(15)10(16)6-12(11)18-14/h2-6,19H,1H3,(H,17,18). The van der Waals surface area contributed by atoms with E-state index in [1.807, 2.05) is 19.1 Å². The number of nitrogens with one attached hydrogen (secondary N) is 1. The number of aromatic nitrogens is 2. The number of aromatic hydroxyl groups is 1. The third-order valence-electron chi connectivity index (χ3n) is 2.93. The third kappa shape index (κ3) is 2.15. The van der Waals surface area contributed by atoms with Crippen molar-refractivity contribution >= 4 is 34.2 Å². The molecule has 3 nitrogen and oxygen atoms in total. The molecule has 0 aliphatic carbocycles. The molecule has 0 spiro atoms. The monoisotopic (exact) mass is 292 g/mol. The Hall–Kier alpha value is -1.71. The number of fused-ring (bicyclic) bond motifs is 1. The Bertz CT molecular complexity index is 741. The smallest absolute Gasteiger partial charge is 0.142 e. The van der Waals surface area contributed by atoms with Crippen molar-refractivity contribution in [2.24, 2.45) is 0 Å². The Labute approximate surface area is 119 Å². The second kappa shape index (κ2) is 4.44. The van der Waals surface area contributed by atoms with E-state index < -0.39 is 0 Å². The zero-order chi connectivity index (χ0) is 13.6. The molecule has 2 N–H and O–H groups in total. The molecular formula is C14H10Cl2N2O. The van der Waals surface area contributed by atoms with Crippen molar-refractivity contribution in [1.82, 2.24) is 9.97 Å². The van der Waals surface area contributed by atoms with E-state index in [0.29, 0.717) is 26.9 Å². The van der Waals surface area contributed by atoms with Crippen molar-refractivity contribution in [3.63, 3.8) is 0 Å². The second-order valence-electron chi connectivity index (χ2n) is 4.39. The van der Waals surface area contributed by atoms with Gasteiger partial charge in [-0.25, -0.2) is 4.98 Å². The van der Waals surface area contributed by atoms with Crippen LogP contribution in [0.1, 0.15) is 5.56 Å². The number of nitrogens with zero attached hydrogens (tertiary/aromatic N) is 1. The number of phenolic OH excluding ortho intramolecular Hbond substituents is 1. The summed E-state index contributed by atoms with van der Waals surface area (Å²) >= 11 is 11.9. The molecule has 0 bridgehead atoms. The number of imidazole rings is 1. The summed E-state index contributed by atoms with van der Waals surface area (Å²) in [5.41, 5.74) is 3.20. The van der Waals surface area contributed by atoms with E-state index in [1.165, 1.54) is 0 Å². The second-order valence-corrected chi connectivity index (χ2v) is 5.20. The molecule has 0 aliphatic rings. The molecule has 5 heteroatoms. The molecule has 96 valence electrons. The normalized spacial score (nSPS) is 11.1. The molecule has 1 aromatic heterocycles. The van der Waals surface area contributed by atoms with Crippen molar-refractivity contribution in [1.29, 1.82) is 0 Å². The van der Waals surface area contributed by atoms with Gasteiger partial charge in [-0.1, -0.05) is 34.8 Å². The van der Waals surface area contributed by atoms with E-state index >= 15 is 0 Å². The summed E-state index contributed by atoms with van der Waals surface area (Å²) in [7, 11) is 0. The maximum absolute atomic E-state index is 9.91. The Kier molecular flexibility index (Phi) is 2.88. The van der Waals surface area contributed by atoms with Gasteiger partial charge in [0.05, 0.1) is 26.6 Å². The van der Waals surface area contributed by atoms with E-state index in [2.05, 4.69) is 9.97 Å². The van der Waals surface area contributed by atoms with Crippen LogP contribution in [0.3, 0.4) is 0 Å². The predicted octanol–water partition coefficient (Wildman–Crippen LogP) is 4.55. The van der Waals surface area contributed by atoms with Crippen LogP contribution in [0.15, 0.2) is 30.3 Å². The summed E-state index contributed by atoms with van der Waals surface area (Å²) in [6.07, 6.45) is 0. The first-order chi connectivity index (χ1) is 9.04. The van der Waals surface area contributed by atoms with Gasteiger partial charge < -0.3 is 10.1 Å². The van der Waals surface area contributed by atoms with Crippen LogP contribution >= 0.6 is 23.2 Å². The van der Waals surface area contributed by atoms with Crippen molar-refractivity contribution < 1.29 is 5.11 Å². The van der Waals surface area contributed by atoms with Gasteiger partial charge in [-0.3, -0.25) is 0 Å². The van der Waals surface area contributed by atoms with Gasteiger partial charge in [0.25, 0.3) is 0 Å². The molecule has 3 rings (SSSR count). The molecule has 0 amide bonds. The molecule has 1 heterocycles. The lowest BCUT2D eigenvalue weighted by Gasteiger charge is -2.01. The maximum Gasteiger partial charge on any atom is 0.142 e. The SMILES string of the molecule is Cc1ccc(O)c(-c2nc3cc(Cl)c(Cl)cc3[nH]2)c1. The van der Waals surface area contributed by atoms with Crippen molar-refractivity contribution in [2.45, 2.75) is 6.92 Å². The van der Waals surface area contributed by atoms with Gasteiger partial charge in [0.15, 0.2) is 0 Å². The van der Waals surface area contributed by atoms with E-state index in [1.54, 1.807) is 18.2 Å². The molecule has 0 saturated carbocycles. The summed E-state index contributed by atoms with van der Waals surface area (Å²) in [5, 5.41) is 10.8. The zero-order valence-electron chi connectivity index (χ0n) is 10.0. The van der Waals surface area contributed by atoms with Crippen LogP contribution < -0.4 is 0 Å². The van der Waals surface area contributed by atoms with Gasteiger partial charge >= 0.3 is 0 Å². The minimum atomic E-state index is 0.182. The number of hydrogen-bond acceptors (Lipinski definition) is 2. The van der Waals surface area contributed by atoms with Crippen LogP contribution in [0, 0.1) is 6.92 Å². The van der Waals surface area contributed by atoms with E-state index in [9.17, 15) is 5.11 Å². The Morgan fingerprint density at radius 2 is 1.84 bits per heavy atom. The lowest BCUT2D eigenvalue weighted by Crippen LogP contribution is -1.83. The summed E-state index contributed by atoms with van der Waals surface area (Å²) in [4.78, 5) is 7.56. The topological polar surface area (TPSA) is 48.9 Å². The van der Waals surface area contributed by atoms with Crippen molar-refractivity contribution in [3.8, 4) is 17.1 Å². The molecule has 0 unspecified atom stereocenters. The molecule has 19 heavy (non-hydrogen) atoms. The number of rotatable bonds is 1. The third-order valence-corrected chi connectivity index (χ3v) is 3.65. The molecule has 0 aliphatic heterocycles. The van der Waals surface area contributed by atoms with Gasteiger partial charge in [0.1, 0.15) is 11.6 Å². The van der Waals surface area contributed by atoms with Crippen LogP contribution in [0.4, 0.5) is 0 Å². The Morgan fingerprint density at radius 3 is 2.63 bits per heavy atom. The first-order valence-corrected chi connectivity index (χ1v) is 6.45. The first kappa shape index (κ1) is 12.3. The highest BCUT2D eigenvalue weighted by Crippen LogP contribution is 2.32. The molecular weight excluding hydrogens is 283 g/mol. The predicted molar refractivity (Wildman–Crippen MR) is 78.0 cm³/mol. The van der Waals surface area contributed by atoms with Gasteiger partial charge in [-0.2, -0.15) is 0 Å². The summed E-state index contributed by atoms with van der Waals surface area (Å²) in [5.74, 6) is 0.774.